The van der Waals surface area contributed by atoms with E-state index in [-0.39, 0.29) is 11.1 Å². The van der Waals surface area contributed by atoms with Crippen LogP contribution in [0.1, 0.15) is 24.1 Å². The third-order valence-corrected chi connectivity index (χ3v) is 6.85. The molecule has 0 bridgehead atoms. The van der Waals surface area contributed by atoms with Gasteiger partial charge in [-0.3, -0.25) is 14.9 Å². The second kappa shape index (κ2) is 10.2. The molecule has 2 fully saturated rings. The normalized spacial score (nSPS) is 18.0. The molecule has 2 N–H and O–H groups in total. The summed E-state index contributed by atoms with van der Waals surface area (Å²) in [5, 5.41) is 5.52. The molecule has 9 heteroatoms. The molecular formula is C25H25N5O3S. The van der Waals surface area contributed by atoms with Crippen LogP contribution in [0.25, 0.3) is 17.4 Å². The van der Waals surface area contributed by atoms with Crippen molar-refractivity contribution in [1.29, 1.82) is 0 Å². The van der Waals surface area contributed by atoms with Crippen LogP contribution in [0.5, 0.6) is 0 Å². The van der Waals surface area contributed by atoms with Crippen LogP contribution >= 0.6 is 11.8 Å². The summed E-state index contributed by atoms with van der Waals surface area (Å²) in [6.07, 6.45) is 7.13. The van der Waals surface area contributed by atoms with Crippen LogP contribution in [-0.4, -0.2) is 40.7 Å². The van der Waals surface area contributed by atoms with Crippen LogP contribution < -0.4 is 15.5 Å². The van der Waals surface area contributed by atoms with Gasteiger partial charge in [0.2, 0.25) is 5.95 Å². The highest BCUT2D eigenvalue weighted by atomic mass is 32.2. The molecule has 174 valence electrons. The number of thioether (sulfide) groups is 1. The van der Waals surface area contributed by atoms with Crippen LogP contribution in [0.3, 0.4) is 0 Å². The van der Waals surface area contributed by atoms with Crippen molar-refractivity contribution in [1.82, 2.24) is 20.6 Å². The first kappa shape index (κ1) is 22.4. The Morgan fingerprint density at radius 3 is 2.76 bits per heavy atom. The lowest BCUT2D eigenvalue weighted by Gasteiger charge is -2.32. The molecule has 2 aliphatic heterocycles. The Morgan fingerprint density at radius 2 is 2.00 bits per heavy atom. The summed E-state index contributed by atoms with van der Waals surface area (Å²) < 4.78 is 5.58. The van der Waals surface area contributed by atoms with E-state index in [0.717, 1.165) is 62.1 Å². The van der Waals surface area contributed by atoms with Crippen molar-refractivity contribution in [3.8, 4) is 11.3 Å². The number of carbonyl (C=O) groups is 2. The average Bonchev–Trinajstić information content (AvgIpc) is 3.50. The Bertz CT molecular complexity index is 1200. The van der Waals surface area contributed by atoms with Crippen molar-refractivity contribution in [2.24, 2.45) is 5.92 Å². The number of carbonyl (C=O) groups excluding carboxylic acids is 2. The molecule has 0 radical (unpaired) electrons. The second-order valence-electron chi connectivity index (χ2n) is 8.33. The first-order valence-electron chi connectivity index (χ1n) is 11.3. The lowest BCUT2D eigenvalue weighted by molar-refractivity contribution is -0.115. The largest absolute Gasteiger partial charge is 0.464 e. The van der Waals surface area contributed by atoms with E-state index >= 15 is 0 Å². The number of anilines is 1. The van der Waals surface area contributed by atoms with Gasteiger partial charge in [0.05, 0.1) is 16.9 Å². The zero-order valence-electron chi connectivity index (χ0n) is 18.6. The molecule has 2 saturated heterocycles. The fourth-order valence-electron chi connectivity index (χ4n) is 4.24. The molecule has 5 rings (SSSR count). The lowest BCUT2D eigenvalue weighted by atomic mass is 9.96. The minimum Gasteiger partial charge on any atom is -0.464 e. The fraction of sp³-hybridized carbons (Fsp3) is 0.280. The molecule has 2 amide bonds. The van der Waals surface area contributed by atoms with Crippen molar-refractivity contribution in [2.45, 2.75) is 19.4 Å². The first-order chi connectivity index (χ1) is 16.7. The summed E-state index contributed by atoms with van der Waals surface area (Å²) in [4.78, 5) is 34.7. The topological polar surface area (TPSA) is 100 Å². The van der Waals surface area contributed by atoms with Gasteiger partial charge in [0.1, 0.15) is 5.76 Å². The summed E-state index contributed by atoms with van der Waals surface area (Å²) in [5.41, 5.74) is 2.97. The summed E-state index contributed by atoms with van der Waals surface area (Å²) in [6.45, 7) is 3.50. The Balaban J connectivity index is 1.13. The molecule has 1 aromatic carbocycles. The molecule has 2 aromatic heterocycles. The standard InChI is InChI=1S/C25H25N5O3S/c31-23-22(34-25(32)29-23)14-19-7-10-27-24(28-19)30-11-8-17(9-12-30)15-26-16-18-4-1-2-5-20(18)21-6-3-13-33-21/h1-7,10,13-14,17,26H,8-9,11-12,15-16H2,(H,29,31,32)/b22-14-. The number of hydrogen-bond donors (Lipinski definition) is 2. The van der Waals surface area contributed by atoms with Crippen LogP contribution in [-0.2, 0) is 11.3 Å². The maximum absolute atomic E-state index is 11.8. The van der Waals surface area contributed by atoms with Crippen LogP contribution in [0.4, 0.5) is 10.7 Å². The number of aromatic nitrogens is 2. The number of benzene rings is 1. The van der Waals surface area contributed by atoms with Crippen molar-refractivity contribution >= 4 is 34.9 Å². The van der Waals surface area contributed by atoms with Crippen molar-refractivity contribution < 1.29 is 14.0 Å². The number of nitrogens with one attached hydrogen (secondary N) is 2. The third-order valence-electron chi connectivity index (χ3n) is 6.04. The van der Waals surface area contributed by atoms with E-state index in [2.05, 4.69) is 43.7 Å². The predicted octanol–water partition coefficient (Wildman–Crippen LogP) is 4.07. The number of piperidine rings is 1. The number of amides is 2. The summed E-state index contributed by atoms with van der Waals surface area (Å²) in [7, 11) is 0. The van der Waals surface area contributed by atoms with E-state index in [1.165, 1.54) is 5.56 Å². The van der Waals surface area contributed by atoms with Gasteiger partial charge in [-0.15, -0.1) is 0 Å². The van der Waals surface area contributed by atoms with Gasteiger partial charge in [-0.25, -0.2) is 9.97 Å². The fourth-order valence-corrected chi connectivity index (χ4v) is 4.91. The van der Waals surface area contributed by atoms with Crippen molar-refractivity contribution in [3.05, 3.63) is 71.1 Å². The molecule has 0 unspecified atom stereocenters. The van der Waals surface area contributed by atoms with E-state index in [4.69, 9.17) is 4.42 Å². The highest BCUT2D eigenvalue weighted by molar-refractivity contribution is 8.18. The number of hydrogen-bond acceptors (Lipinski definition) is 8. The van der Waals surface area contributed by atoms with E-state index in [0.29, 0.717) is 22.5 Å². The summed E-state index contributed by atoms with van der Waals surface area (Å²) in [6, 6.07) is 14.0. The molecule has 34 heavy (non-hydrogen) atoms. The molecular weight excluding hydrogens is 450 g/mol. The number of imide groups is 1. The Labute approximate surface area is 201 Å². The Kier molecular flexibility index (Phi) is 6.73. The third kappa shape index (κ3) is 5.21. The van der Waals surface area contributed by atoms with Crippen LogP contribution in [0, 0.1) is 5.92 Å². The van der Waals surface area contributed by atoms with Gasteiger partial charge in [-0.2, -0.15) is 0 Å². The zero-order valence-corrected chi connectivity index (χ0v) is 19.4. The van der Waals surface area contributed by atoms with Gasteiger partial charge >= 0.3 is 0 Å². The van der Waals surface area contributed by atoms with Crippen LogP contribution in [0.15, 0.2) is 64.2 Å². The molecule has 3 aromatic rings. The SMILES string of the molecule is O=C1NC(=O)/C(=C/c2ccnc(N3CCC(CNCc4ccccc4-c4ccco4)CC3)n2)S1. The first-order valence-corrected chi connectivity index (χ1v) is 12.1. The second-order valence-corrected chi connectivity index (χ2v) is 9.34. The molecule has 8 nitrogen and oxygen atoms in total. The maximum Gasteiger partial charge on any atom is 0.290 e. The average molecular weight is 476 g/mol. The highest BCUT2D eigenvalue weighted by Gasteiger charge is 2.25. The minimum atomic E-state index is -0.379. The maximum atomic E-state index is 11.8. The van der Waals surface area contributed by atoms with Gasteiger partial charge in [0.15, 0.2) is 0 Å². The number of rotatable bonds is 7. The van der Waals surface area contributed by atoms with Crippen LogP contribution in [0.2, 0.25) is 0 Å². The smallest absolute Gasteiger partial charge is 0.290 e. The molecule has 2 aliphatic rings. The lowest BCUT2D eigenvalue weighted by Crippen LogP contribution is -2.38. The van der Waals surface area contributed by atoms with Gasteiger partial charge in [0, 0.05) is 31.4 Å². The van der Waals surface area contributed by atoms with E-state index in [9.17, 15) is 9.59 Å². The monoisotopic (exact) mass is 475 g/mol. The number of nitrogens with zero attached hydrogens (tertiary/aromatic N) is 3. The summed E-state index contributed by atoms with van der Waals surface area (Å²) >= 11 is 0.891. The predicted molar refractivity (Wildman–Crippen MR) is 132 cm³/mol. The van der Waals surface area contributed by atoms with Crippen molar-refractivity contribution in [2.75, 3.05) is 24.5 Å². The van der Waals surface area contributed by atoms with E-state index in [1.54, 1.807) is 24.6 Å². The number of furan rings is 1. The quantitative estimate of drug-likeness (QED) is 0.494. The van der Waals surface area contributed by atoms with Gasteiger partial charge in [-0.05, 0) is 66.9 Å². The van der Waals surface area contributed by atoms with E-state index in [1.807, 2.05) is 18.2 Å². The minimum absolute atomic E-state index is 0.355. The molecule has 0 spiro atoms. The molecule has 0 atom stereocenters. The highest BCUT2D eigenvalue weighted by Crippen LogP contribution is 2.27. The molecule has 0 aliphatic carbocycles. The van der Waals surface area contributed by atoms with E-state index < -0.39 is 0 Å². The molecule has 4 heterocycles. The van der Waals surface area contributed by atoms with Gasteiger partial charge in [-0.1, -0.05) is 24.3 Å². The molecule has 0 saturated carbocycles. The Hall–Kier alpha value is -3.43. The van der Waals surface area contributed by atoms with Gasteiger partial charge in [0.25, 0.3) is 11.1 Å². The Morgan fingerprint density at radius 1 is 1.15 bits per heavy atom. The van der Waals surface area contributed by atoms with Crippen molar-refractivity contribution in [3.63, 3.8) is 0 Å². The van der Waals surface area contributed by atoms with Gasteiger partial charge < -0.3 is 14.6 Å². The zero-order chi connectivity index (χ0) is 23.3. The summed E-state index contributed by atoms with van der Waals surface area (Å²) in [5.74, 6) is 1.75.